The average molecular weight is 289 g/mol. The number of hydrogen-bond acceptors (Lipinski definition) is 6. The summed E-state index contributed by atoms with van der Waals surface area (Å²) in [4.78, 5) is 15.5. The van der Waals surface area contributed by atoms with E-state index < -0.39 is 11.5 Å². The summed E-state index contributed by atoms with van der Waals surface area (Å²) < 4.78 is 5.06. The lowest BCUT2D eigenvalue weighted by Crippen LogP contribution is -2.49. The van der Waals surface area contributed by atoms with E-state index in [1.807, 2.05) is 13.8 Å². The molecule has 102 valence electrons. The maximum atomic E-state index is 11.3. The predicted octanol–water partition coefficient (Wildman–Crippen LogP) is 2.17. The van der Waals surface area contributed by atoms with Gasteiger partial charge in [0.05, 0.1) is 0 Å². The lowest BCUT2D eigenvalue weighted by Gasteiger charge is -2.27. The van der Waals surface area contributed by atoms with Crippen molar-refractivity contribution in [2.45, 2.75) is 43.0 Å². The maximum absolute atomic E-state index is 11.3. The highest BCUT2D eigenvalue weighted by Crippen LogP contribution is 2.24. The van der Waals surface area contributed by atoms with Crippen molar-refractivity contribution in [3.05, 3.63) is 5.82 Å². The van der Waals surface area contributed by atoms with E-state index in [2.05, 4.69) is 14.7 Å². The van der Waals surface area contributed by atoms with Gasteiger partial charge in [0.1, 0.15) is 11.4 Å². The number of aromatic nitrogens is 2. The third-order valence-electron chi connectivity index (χ3n) is 2.97. The molecule has 0 aliphatic carbocycles. The molecule has 0 saturated carbocycles. The number of carboxylic acids is 1. The van der Waals surface area contributed by atoms with Gasteiger partial charge in [-0.3, -0.25) is 4.79 Å². The van der Waals surface area contributed by atoms with Gasteiger partial charge in [0, 0.05) is 5.75 Å². The first kappa shape index (κ1) is 15.4. The second-order valence-electron chi connectivity index (χ2n) is 4.05. The highest BCUT2D eigenvalue weighted by atomic mass is 32.2. The molecule has 0 aliphatic rings. The van der Waals surface area contributed by atoms with Crippen LogP contribution in [0.25, 0.3) is 0 Å². The van der Waals surface area contributed by atoms with Crippen LogP contribution < -0.4 is 5.32 Å². The minimum absolute atomic E-state index is 0.585. The van der Waals surface area contributed by atoms with Crippen molar-refractivity contribution >= 4 is 29.3 Å². The number of carboxylic acid groups (broad SMARTS) is 1. The zero-order chi connectivity index (χ0) is 13.6. The van der Waals surface area contributed by atoms with Crippen LogP contribution >= 0.6 is 23.3 Å². The second kappa shape index (κ2) is 7.06. The summed E-state index contributed by atoms with van der Waals surface area (Å²) in [6.45, 7) is 3.76. The fraction of sp³-hybridized carbons (Fsp3) is 0.727. The van der Waals surface area contributed by atoms with Crippen LogP contribution in [0.2, 0.25) is 0 Å². The molecule has 1 aromatic heterocycles. The van der Waals surface area contributed by atoms with Gasteiger partial charge in [0.2, 0.25) is 0 Å². The van der Waals surface area contributed by atoms with E-state index in [0.717, 1.165) is 22.3 Å². The Morgan fingerprint density at radius 1 is 1.61 bits per heavy atom. The highest BCUT2D eigenvalue weighted by Gasteiger charge is 2.33. The van der Waals surface area contributed by atoms with E-state index in [4.69, 9.17) is 0 Å². The molecule has 0 saturated heterocycles. The van der Waals surface area contributed by atoms with Crippen molar-refractivity contribution in [2.24, 2.45) is 0 Å². The van der Waals surface area contributed by atoms with Crippen LogP contribution in [0.3, 0.4) is 0 Å². The summed E-state index contributed by atoms with van der Waals surface area (Å²) in [6, 6.07) is 0. The highest BCUT2D eigenvalue weighted by molar-refractivity contribution is 8.00. The lowest BCUT2D eigenvalue weighted by molar-refractivity contribution is -0.145. The Kier molecular flexibility index (Phi) is 6.04. The number of aliphatic carboxylic acids is 1. The quantitative estimate of drug-likeness (QED) is 0.564. The summed E-state index contributed by atoms with van der Waals surface area (Å²) in [5.74, 6) is 0.890. The molecule has 2 N–H and O–H groups in total. The number of carbonyl (C=O) groups is 1. The van der Waals surface area contributed by atoms with Gasteiger partial charge in [-0.05, 0) is 44.8 Å². The van der Waals surface area contributed by atoms with Crippen molar-refractivity contribution < 1.29 is 9.90 Å². The zero-order valence-corrected chi connectivity index (χ0v) is 12.5. The average Bonchev–Trinajstić information content (AvgIpc) is 2.75. The van der Waals surface area contributed by atoms with E-state index >= 15 is 0 Å². The number of rotatable bonds is 8. The Hall–Kier alpha value is -0.660. The maximum Gasteiger partial charge on any atom is 0.323 e. The molecule has 0 aromatic carbocycles. The molecule has 5 nitrogen and oxygen atoms in total. The Bertz CT molecular complexity index is 391. The fourth-order valence-corrected chi connectivity index (χ4v) is 3.37. The lowest BCUT2D eigenvalue weighted by atomic mass is 9.91. The SMILES string of the molecule is CCC(CCCSc1nc(C)ns1)(NC)C(=O)O. The molecule has 7 heteroatoms. The molecule has 0 amide bonds. The standard InChI is InChI=1S/C11H19N3O2S2/c1-4-11(12-3,9(15)16)6-5-7-17-10-13-8(2)14-18-10/h12H,4-7H2,1-3H3,(H,15,16). The van der Waals surface area contributed by atoms with Crippen LogP contribution in [-0.2, 0) is 4.79 Å². The summed E-state index contributed by atoms with van der Waals surface area (Å²) in [7, 11) is 1.71. The number of nitrogens with zero attached hydrogens (tertiary/aromatic N) is 2. The number of likely N-dealkylation sites (N-methyl/N-ethyl adjacent to an activating group) is 1. The number of aryl methyl sites for hydroxylation is 1. The molecule has 1 heterocycles. The molecular weight excluding hydrogens is 270 g/mol. The van der Waals surface area contributed by atoms with Gasteiger partial charge in [0.15, 0.2) is 4.34 Å². The van der Waals surface area contributed by atoms with E-state index in [1.165, 1.54) is 11.5 Å². The molecule has 1 aromatic rings. The molecule has 1 unspecified atom stereocenters. The normalized spacial score (nSPS) is 14.4. The molecular formula is C11H19N3O2S2. The smallest absolute Gasteiger partial charge is 0.323 e. The summed E-state index contributed by atoms with van der Waals surface area (Å²) >= 11 is 3.03. The van der Waals surface area contributed by atoms with Crippen LogP contribution in [0.5, 0.6) is 0 Å². The van der Waals surface area contributed by atoms with Crippen LogP contribution in [-0.4, -0.2) is 38.8 Å². The van der Waals surface area contributed by atoms with Crippen molar-refractivity contribution in [3.63, 3.8) is 0 Å². The van der Waals surface area contributed by atoms with E-state index in [-0.39, 0.29) is 0 Å². The molecule has 0 spiro atoms. The predicted molar refractivity (Wildman–Crippen MR) is 74.3 cm³/mol. The van der Waals surface area contributed by atoms with Gasteiger partial charge >= 0.3 is 5.97 Å². The van der Waals surface area contributed by atoms with E-state index in [1.54, 1.807) is 18.8 Å². The Balaban J connectivity index is 2.38. The zero-order valence-electron chi connectivity index (χ0n) is 10.9. The minimum Gasteiger partial charge on any atom is -0.480 e. The van der Waals surface area contributed by atoms with Crippen molar-refractivity contribution in [3.8, 4) is 0 Å². The molecule has 0 bridgehead atoms. The Morgan fingerprint density at radius 3 is 2.78 bits per heavy atom. The van der Waals surface area contributed by atoms with E-state index in [9.17, 15) is 9.90 Å². The van der Waals surface area contributed by atoms with Crippen LogP contribution in [0, 0.1) is 6.92 Å². The largest absolute Gasteiger partial charge is 0.480 e. The van der Waals surface area contributed by atoms with Crippen molar-refractivity contribution in [2.75, 3.05) is 12.8 Å². The number of hydrogen-bond donors (Lipinski definition) is 2. The van der Waals surface area contributed by atoms with Crippen molar-refractivity contribution in [1.29, 1.82) is 0 Å². The topological polar surface area (TPSA) is 75.1 Å². The molecule has 0 fully saturated rings. The number of nitrogens with one attached hydrogen (secondary N) is 1. The van der Waals surface area contributed by atoms with Crippen molar-refractivity contribution in [1.82, 2.24) is 14.7 Å². The van der Waals surface area contributed by atoms with Crippen LogP contribution in [0.4, 0.5) is 0 Å². The third kappa shape index (κ3) is 3.93. The third-order valence-corrected chi connectivity index (χ3v) is 4.99. The second-order valence-corrected chi connectivity index (χ2v) is 6.14. The first-order chi connectivity index (χ1) is 8.54. The summed E-state index contributed by atoms with van der Waals surface area (Å²) in [5.41, 5.74) is -0.794. The van der Waals surface area contributed by atoms with E-state index in [0.29, 0.717) is 12.8 Å². The molecule has 1 rings (SSSR count). The van der Waals surface area contributed by atoms with Crippen LogP contribution in [0.1, 0.15) is 32.0 Å². The number of thioether (sulfide) groups is 1. The Labute approximate surface area is 116 Å². The summed E-state index contributed by atoms with van der Waals surface area (Å²) in [6.07, 6.45) is 2.05. The molecule has 18 heavy (non-hydrogen) atoms. The molecule has 1 atom stereocenters. The van der Waals surface area contributed by atoms with Gasteiger partial charge in [-0.25, -0.2) is 4.98 Å². The van der Waals surface area contributed by atoms with Gasteiger partial charge in [0.25, 0.3) is 0 Å². The Morgan fingerprint density at radius 2 is 2.33 bits per heavy atom. The first-order valence-electron chi connectivity index (χ1n) is 5.89. The van der Waals surface area contributed by atoms with Crippen LogP contribution in [0.15, 0.2) is 4.34 Å². The fourth-order valence-electron chi connectivity index (χ4n) is 1.71. The molecule has 0 radical (unpaired) electrons. The minimum atomic E-state index is -0.794. The van der Waals surface area contributed by atoms with Gasteiger partial charge in [-0.2, -0.15) is 4.37 Å². The molecule has 0 aliphatic heterocycles. The summed E-state index contributed by atoms with van der Waals surface area (Å²) in [5, 5.41) is 12.2. The van der Waals surface area contributed by atoms with Gasteiger partial charge in [-0.15, -0.1) is 0 Å². The van der Waals surface area contributed by atoms with Gasteiger partial charge < -0.3 is 10.4 Å². The first-order valence-corrected chi connectivity index (χ1v) is 7.65. The van der Waals surface area contributed by atoms with Gasteiger partial charge in [-0.1, -0.05) is 18.7 Å². The monoisotopic (exact) mass is 289 g/mol.